The van der Waals surface area contributed by atoms with Gasteiger partial charge in [-0.3, -0.25) is 13.9 Å². The Bertz CT molecular complexity index is 1440. The van der Waals surface area contributed by atoms with Gasteiger partial charge in [0.1, 0.15) is 18.3 Å². The Morgan fingerprint density at radius 1 is 0.976 bits per heavy atom. The van der Waals surface area contributed by atoms with E-state index in [1.54, 1.807) is 30.3 Å². The molecule has 8 nitrogen and oxygen atoms in total. The van der Waals surface area contributed by atoms with E-state index in [1.165, 1.54) is 30.2 Å². The van der Waals surface area contributed by atoms with Crippen molar-refractivity contribution in [2.24, 2.45) is 0 Å². The molecule has 0 bridgehead atoms. The number of carbonyl (C=O) groups is 2. The van der Waals surface area contributed by atoms with Crippen LogP contribution in [0.15, 0.2) is 83.8 Å². The fraction of sp³-hybridized carbons (Fsp3) is 0.375. The van der Waals surface area contributed by atoms with Gasteiger partial charge in [-0.1, -0.05) is 74.2 Å². The van der Waals surface area contributed by atoms with Crippen LogP contribution >= 0.6 is 11.6 Å². The predicted octanol–water partition coefficient (Wildman–Crippen LogP) is 5.80. The molecule has 0 unspecified atom stereocenters. The lowest BCUT2D eigenvalue weighted by Gasteiger charge is -2.34. The quantitative estimate of drug-likeness (QED) is 0.279. The summed E-state index contributed by atoms with van der Waals surface area (Å²) in [7, 11) is -2.71. The molecule has 0 aliphatic heterocycles. The smallest absolute Gasteiger partial charge is 0.264 e. The maximum absolute atomic E-state index is 14.2. The molecule has 0 heterocycles. The SMILES string of the molecule is CC[C@H](C(=O)NC1CCCCC1)N(Cc1ccccc1)C(=O)CN(c1cccc(Cl)c1)S(=O)(=O)c1ccc(OC)cc1. The van der Waals surface area contributed by atoms with E-state index in [9.17, 15) is 18.0 Å². The van der Waals surface area contributed by atoms with Gasteiger partial charge in [0.15, 0.2) is 0 Å². The van der Waals surface area contributed by atoms with Crippen molar-refractivity contribution in [3.8, 4) is 5.75 Å². The first-order valence-electron chi connectivity index (χ1n) is 14.3. The van der Waals surface area contributed by atoms with Gasteiger partial charge < -0.3 is 15.0 Å². The number of amides is 2. The van der Waals surface area contributed by atoms with Gasteiger partial charge in [-0.05, 0) is 67.3 Å². The Labute approximate surface area is 253 Å². The van der Waals surface area contributed by atoms with Gasteiger partial charge in [0.05, 0.1) is 17.7 Å². The third kappa shape index (κ3) is 7.83. The second-order valence-electron chi connectivity index (χ2n) is 10.4. The van der Waals surface area contributed by atoms with Crippen molar-refractivity contribution in [3.05, 3.63) is 89.4 Å². The van der Waals surface area contributed by atoms with Crippen molar-refractivity contribution in [2.45, 2.75) is 69.0 Å². The third-order valence-corrected chi connectivity index (χ3v) is 9.58. The van der Waals surface area contributed by atoms with E-state index in [-0.39, 0.29) is 29.1 Å². The van der Waals surface area contributed by atoms with Crippen molar-refractivity contribution in [3.63, 3.8) is 0 Å². The number of nitrogens with zero attached hydrogens (tertiary/aromatic N) is 2. The number of halogens is 1. The number of hydrogen-bond donors (Lipinski definition) is 1. The van der Waals surface area contributed by atoms with Gasteiger partial charge in [0.25, 0.3) is 10.0 Å². The van der Waals surface area contributed by atoms with E-state index in [0.29, 0.717) is 17.2 Å². The van der Waals surface area contributed by atoms with Crippen LogP contribution in [0, 0.1) is 0 Å². The standard InChI is InChI=1S/C32H38ClN3O5S/c1-3-30(32(38)34-26-14-8-5-9-15-26)35(22-24-11-6-4-7-12-24)31(37)23-36(27-16-10-13-25(33)21-27)42(39,40)29-19-17-28(41-2)18-20-29/h4,6-7,10-13,16-21,26,30H,3,5,8-9,14-15,22-23H2,1-2H3,(H,34,38)/t30-/m1/s1. The van der Waals surface area contributed by atoms with E-state index >= 15 is 0 Å². The van der Waals surface area contributed by atoms with Crippen molar-refractivity contribution in [1.82, 2.24) is 10.2 Å². The second-order valence-corrected chi connectivity index (χ2v) is 12.7. The summed E-state index contributed by atoms with van der Waals surface area (Å²) >= 11 is 6.25. The van der Waals surface area contributed by atoms with Crippen LogP contribution in [0.2, 0.25) is 5.02 Å². The zero-order valence-electron chi connectivity index (χ0n) is 24.0. The molecular formula is C32H38ClN3O5S. The van der Waals surface area contributed by atoms with Crippen LogP contribution in [0.25, 0.3) is 0 Å². The molecule has 4 rings (SSSR count). The van der Waals surface area contributed by atoms with Crippen LogP contribution in [0.5, 0.6) is 5.75 Å². The molecule has 1 atom stereocenters. The average Bonchev–Trinajstić information content (AvgIpc) is 3.00. The van der Waals surface area contributed by atoms with Crippen LogP contribution in [-0.2, 0) is 26.2 Å². The summed E-state index contributed by atoms with van der Waals surface area (Å²) in [6.45, 7) is 1.50. The van der Waals surface area contributed by atoms with E-state index in [2.05, 4.69) is 5.32 Å². The summed E-state index contributed by atoms with van der Waals surface area (Å²) in [4.78, 5) is 29.3. The molecular weight excluding hydrogens is 574 g/mol. The molecule has 2 amide bonds. The highest BCUT2D eigenvalue weighted by atomic mass is 35.5. The number of rotatable bonds is 12. The zero-order valence-corrected chi connectivity index (χ0v) is 25.6. The summed E-state index contributed by atoms with van der Waals surface area (Å²) in [6, 6.07) is 21.0. The summed E-state index contributed by atoms with van der Waals surface area (Å²) in [5.74, 6) is -0.217. The van der Waals surface area contributed by atoms with Crippen LogP contribution in [0.4, 0.5) is 5.69 Å². The minimum Gasteiger partial charge on any atom is -0.497 e. The molecule has 1 aliphatic carbocycles. The number of benzene rings is 3. The van der Waals surface area contributed by atoms with Crippen LogP contribution in [0.1, 0.15) is 51.0 Å². The second kappa shape index (κ2) is 14.6. The molecule has 10 heteroatoms. The van der Waals surface area contributed by atoms with Gasteiger partial charge in [0.2, 0.25) is 11.8 Å². The average molecular weight is 612 g/mol. The molecule has 42 heavy (non-hydrogen) atoms. The fourth-order valence-corrected chi connectivity index (χ4v) is 6.87. The highest BCUT2D eigenvalue weighted by Crippen LogP contribution is 2.28. The number of carbonyl (C=O) groups excluding carboxylic acids is 2. The molecule has 224 valence electrons. The predicted molar refractivity (Wildman–Crippen MR) is 165 cm³/mol. The zero-order chi connectivity index (χ0) is 30.1. The summed E-state index contributed by atoms with van der Waals surface area (Å²) < 4.78 is 34.2. The van der Waals surface area contributed by atoms with E-state index in [0.717, 1.165) is 42.0 Å². The van der Waals surface area contributed by atoms with Crippen molar-refractivity contribution in [2.75, 3.05) is 18.0 Å². The number of methoxy groups -OCH3 is 1. The molecule has 0 radical (unpaired) electrons. The summed E-state index contributed by atoms with van der Waals surface area (Å²) in [6.07, 6.45) is 5.48. The minimum absolute atomic E-state index is 0.00670. The van der Waals surface area contributed by atoms with Crippen molar-refractivity contribution in [1.29, 1.82) is 0 Å². The Kier molecular flexibility index (Phi) is 10.9. The number of anilines is 1. The molecule has 3 aromatic carbocycles. The first-order chi connectivity index (χ1) is 20.2. The molecule has 0 saturated heterocycles. The van der Waals surface area contributed by atoms with Gasteiger partial charge in [-0.2, -0.15) is 0 Å². The Morgan fingerprint density at radius 2 is 1.67 bits per heavy atom. The molecule has 0 aromatic heterocycles. The van der Waals surface area contributed by atoms with E-state index in [4.69, 9.17) is 16.3 Å². The van der Waals surface area contributed by atoms with Crippen LogP contribution < -0.4 is 14.4 Å². The van der Waals surface area contributed by atoms with Gasteiger partial charge in [-0.25, -0.2) is 8.42 Å². The lowest BCUT2D eigenvalue weighted by atomic mass is 9.95. The molecule has 1 fully saturated rings. The molecule has 3 aromatic rings. The highest BCUT2D eigenvalue weighted by Gasteiger charge is 2.34. The number of hydrogen-bond acceptors (Lipinski definition) is 5. The van der Waals surface area contributed by atoms with Crippen molar-refractivity contribution < 1.29 is 22.7 Å². The molecule has 1 saturated carbocycles. The first kappa shape index (κ1) is 31.4. The fourth-order valence-electron chi connectivity index (χ4n) is 5.28. The number of sulfonamides is 1. The van der Waals surface area contributed by atoms with Gasteiger partial charge in [-0.15, -0.1) is 0 Å². The highest BCUT2D eigenvalue weighted by molar-refractivity contribution is 7.92. The Hall–Kier alpha value is -3.56. The maximum Gasteiger partial charge on any atom is 0.264 e. The molecule has 1 N–H and O–H groups in total. The van der Waals surface area contributed by atoms with Gasteiger partial charge in [0, 0.05) is 17.6 Å². The number of ether oxygens (including phenoxy) is 1. The Morgan fingerprint density at radius 3 is 2.29 bits per heavy atom. The molecule has 1 aliphatic rings. The number of nitrogens with one attached hydrogen (secondary N) is 1. The summed E-state index contributed by atoms with van der Waals surface area (Å²) in [5.41, 5.74) is 1.08. The van der Waals surface area contributed by atoms with Crippen LogP contribution in [-0.4, -0.2) is 50.9 Å². The maximum atomic E-state index is 14.2. The monoisotopic (exact) mass is 611 g/mol. The third-order valence-electron chi connectivity index (χ3n) is 7.56. The largest absolute Gasteiger partial charge is 0.497 e. The van der Waals surface area contributed by atoms with Crippen LogP contribution in [0.3, 0.4) is 0 Å². The normalized spacial score (nSPS) is 14.5. The first-order valence-corrected chi connectivity index (χ1v) is 16.1. The topological polar surface area (TPSA) is 96.0 Å². The Balaban J connectivity index is 1.69. The minimum atomic E-state index is -4.20. The van der Waals surface area contributed by atoms with Gasteiger partial charge >= 0.3 is 0 Å². The molecule has 0 spiro atoms. The van der Waals surface area contributed by atoms with E-state index in [1.807, 2.05) is 37.3 Å². The lowest BCUT2D eigenvalue weighted by molar-refractivity contribution is -0.140. The van der Waals surface area contributed by atoms with E-state index < -0.39 is 28.5 Å². The van der Waals surface area contributed by atoms with Crippen molar-refractivity contribution >= 4 is 39.1 Å². The lowest BCUT2D eigenvalue weighted by Crippen LogP contribution is -2.54. The summed E-state index contributed by atoms with van der Waals surface area (Å²) in [5, 5.41) is 3.48.